The molecule has 0 unspecified atom stereocenters. The van der Waals surface area contributed by atoms with Gasteiger partial charge in [-0.2, -0.15) is 22.5 Å². The van der Waals surface area contributed by atoms with Crippen LogP contribution < -0.4 is 10.0 Å². The van der Waals surface area contributed by atoms with E-state index in [2.05, 4.69) is 20.3 Å². The van der Waals surface area contributed by atoms with E-state index in [1.54, 1.807) is 37.8 Å². The van der Waals surface area contributed by atoms with E-state index in [0.717, 1.165) is 9.87 Å². The largest absolute Gasteiger partial charge is 0.360 e. The maximum Gasteiger partial charge on any atom is 0.280 e. The van der Waals surface area contributed by atoms with Crippen molar-refractivity contribution in [1.29, 1.82) is 0 Å². The topological polar surface area (TPSA) is 122 Å². The summed E-state index contributed by atoms with van der Waals surface area (Å²) in [6.45, 7) is 3.50. The number of carbonyl (C=O) groups is 1. The fourth-order valence-electron chi connectivity index (χ4n) is 2.91. The molecule has 136 valence electrons. The molecule has 0 bridgehead atoms. The van der Waals surface area contributed by atoms with Crippen molar-refractivity contribution in [2.45, 2.75) is 32.4 Å². The van der Waals surface area contributed by atoms with Crippen LogP contribution in [0.3, 0.4) is 0 Å². The third-order valence-electron chi connectivity index (χ3n) is 4.18. The van der Waals surface area contributed by atoms with Crippen LogP contribution in [0.5, 0.6) is 0 Å². The van der Waals surface area contributed by atoms with Gasteiger partial charge in [0.05, 0.1) is 11.7 Å². The molecule has 1 amide bonds. The molecule has 1 saturated heterocycles. The number of rotatable bonds is 3. The third kappa shape index (κ3) is 3.43. The lowest BCUT2D eigenvalue weighted by atomic mass is 10.00. The lowest BCUT2D eigenvalue weighted by molar-refractivity contribution is -0.120. The Bertz CT molecular complexity index is 902. The number of hydrogen-bond acceptors (Lipinski definition) is 6. The highest BCUT2D eigenvalue weighted by Crippen LogP contribution is 2.29. The molecule has 1 aliphatic heterocycles. The molecule has 2 aromatic heterocycles. The van der Waals surface area contributed by atoms with Gasteiger partial charge in [-0.3, -0.25) is 9.48 Å². The van der Waals surface area contributed by atoms with Gasteiger partial charge in [-0.1, -0.05) is 5.16 Å². The zero-order chi connectivity index (χ0) is 18.4. The molecule has 25 heavy (non-hydrogen) atoms. The Labute approximate surface area is 145 Å². The summed E-state index contributed by atoms with van der Waals surface area (Å²) in [5.41, 5.74) is 1.46. The average molecular weight is 368 g/mol. The van der Waals surface area contributed by atoms with Crippen LogP contribution in [0.1, 0.15) is 29.5 Å². The molecular weight excluding hydrogens is 348 g/mol. The summed E-state index contributed by atoms with van der Waals surface area (Å²) in [6, 6.07) is 0.147. The van der Waals surface area contributed by atoms with E-state index in [4.69, 9.17) is 4.52 Å². The van der Waals surface area contributed by atoms with E-state index in [9.17, 15) is 13.2 Å². The maximum absolute atomic E-state index is 12.6. The van der Waals surface area contributed by atoms with Crippen LogP contribution in [0.15, 0.2) is 16.8 Å². The monoisotopic (exact) mass is 368 g/mol. The second-order valence-corrected chi connectivity index (χ2v) is 7.86. The average Bonchev–Trinajstić information content (AvgIpc) is 3.06. The summed E-state index contributed by atoms with van der Waals surface area (Å²) < 4.78 is 35.0. The Balaban J connectivity index is 1.86. The summed E-state index contributed by atoms with van der Waals surface area (Å²) >= 11 is 0. The SMILES string of the molecule is Cc1cc(NC(=O)[C@H]2C[C@H](c3cn(C)nc3C)NS(=O)(=O)N2C)no1. The smallest absolute Gasteiger partial charge is 0.280 e. The first-order chi connectivity index (χ1) is 11.7. The number of aromatic nitrogens is 3. The summed E-state index contributed by atoms with van der Waals surface area (Å²) in [4.78, 5) is 12.6. The minimum atomic E-state index is -3.81. The molecular formula is C14H20N6O4S. The molecule has 0 spiro atoms. The third-order valence-corrected chi connectivity index (χ3v) is 5.77. The van der Waals surface area contributed by atoms with Crippen molar-refractivity contribution in [1.82, 2.24) is 24.0 Å². The van der Waals surface area contributed by atoms with Crippen LogP contribution >= 0.6 is 0 Å². The number of aryl methyl sites for hydroxylation is 3. The van der Waals surface area contributed by atoms with Gasteiger partial charge in [0, 0.05) is 31.9 Å². The van der Waals surface area contributed by atoms with Gasteiger partial charge in [0.2, 0.25) is 5.91 Å². The van der Waals surface area contributed by atoms with Crippen LogP contribution in [0.25, 0.3) is 0 Å². The van der Waals surface area contributed by atoms with E-state index >= 15 is 0 Å². The summed E-state index contributed by atoms with van der Waals surface area (Å²) in [5.74, 6) is 0.332. The summed E-state index contributed by atoms with van der Waals surface area (Å²) in [5, 5.41) is 10.5. The molecule has 2 aromatic rings. The lowest BCUT2D eigenvalue weighted by Crippen LogP contribution is -2.56. The van der Waals surface area contributed by atoms with Crippen molar-refractivity contribution in [3.8, 4) is 0 Å². The number of amides is 1. The zero-order valence-corrected chi connectivity index (χ0v) is 15.2. The quantitative estimate of drug-likeness (QED) is 0.800. The summed E-state index contributed by atoms with van der Waals surface area (Å²) in [6.07, 6.45) is 2.02. The molecule has 2 atom stereocenters. The van der Waals surface area contributed by atoms with Crippen LogP contribution in [-0.2, 0) is 22.1 Å². The highest BCUT2D eigenvalue weighted by atomic mass is 32.2. The minimum absolute atomic E-state index is 0.251. The minimum Gasteiger partial charge on any atom is -0.360 e. The second kappa shape index (κ2) is 6.24. The van der Waals surface area contributed by atoms with E-state index < -0.39 is 28.2 Å². The fraction of sp³-hybridized carbons (Fsp3) is 0.500. The predicted octanol–water partition coefficient (Wildman–Crippen LogP) is 0.243. The second-order valence-electron chi connectivity index (χ2n) is 6.10. The number of nitrogens with one attached hydrogen (secondary N) is 2. The molecule has 1 fully saturated rings. The Morgan fingerprint density at radius 1 is 1.40 bits per heavy atom. The van der Waals surface area contributed by atoms with Crippen LogP contribution in [0, 0.1) is 13.8 Å². The van der Waals surface area contributed by atoms with Crippen LogP contribution in [-0.4, -0.2) is 46.7 Å². The number of nitrogens with zero attached hydrogens (tertiary/aromatic N) is 4. The molecule has 1 aliphatic rings. The Kier molecular flexibility index (Phi) is 4.39. The normalized spacial score (nSPS) is 23.5. The van der Waals surface area contributed by atoms with Crippen LogP contribution in [0.4, 0.5) is 5.82 Å². The van der Waals surface area contributed by atoms with Crippen molar-refractivity contribution >= 4 is 21.9 Å². The first-order valence-electron chi connectivity index (χ1n) is 7.67. The van der Waals surface area contributed by atoms with Crippen molar-refractivity contribution in [3.05, 3.63) is 29.3 Å². The van der Waals surface area contributed by atoms with Crippen molar-refractivity contribution < 1.29 is 17.7 Å². The highest BCUT2D eigenvalue weighted by molar-refractivity contribution is 7.87. The zero-order valence-electron chi connectivity index (χ0n) is 14.3. The van der Waals surface area contributed by atoms with Crippen LogP contribution in [0.2, 0.25) is 0 Å². The fourth-order valence-corrected chi connectivity index (χ4v) is 4.17. The Hall–Kier alpha value is -2.24. The van der Waals surface area contributed by atoms with E-state index in [1.165, 1.54) is 7.05 Å². The molecule has 0 aliphatic carbocycles. The van der Waals surface area contributed by atoms with Gasteiger partial charge in [0.15, 0.2) is 5.82 Å². The van der Waals surface area contributed by atoms with E-state index in [1.807, 2.05) is 0 Å². The summed E-state index contributed by atoms with van der Waals surface area (Å²) in [7, 11) is -0.677. The molecule has 0 aromatic carbocycles. The standard InChI is InChI=1S/C14H20N6O4S/c1-8-5-13(17-24-8)15-14(21)12-6-11(18-25(22,23)20(12)4)10-7-19(3)16-9(10)2/h5,7,11-12,18H,6H2,1-4H3,(H,15,17,21)/t11-,12-/m1/s1. The Morgan fingerprint density at radius 3 is 2.68 bits per heavy atom. The Morgan fingerprint density at radius 2 is 2.12 bits per heavy atom. The van der Waals surface area contributed by atoms with Gasteiger partial charge in [0.1, 0.15) is 11.8 Å². The molecule has 10 nitrogen and oxygen atoms in total. The first kappa shape index (κ1) is 17.6. The first-order valence-corrected chi connectivity index (χ1v) is 9.11. The van der Waals surface area contributed by atoms with Gasteiger partial charge in [-0.25, -0.2) is 0 Å². The molecule has 3 rings (SSSR count). The molecule has 11 heteroatoms. The molecule has 3 heterocycles. The highest BCUT2D eigenvalue weighted by Gasteiger charge is 2.41. The maximum atomic E-state index is 12.6. The molecule has 0 saturated carbocycles. The van der Waals surface area contributed by atoms with Gasteiger partial charge < -0.3 is 9.84 Å². The van der Waals surface area contributed by atoms with Gasteiger partial charge >= 0.3 is 0 Å². The van der Waals surface area contributed by atoms with Crippen molar-refractivity contribution in [3.63, 3.8) is 0 Å². The molecule has 0 radical (unpaired) electrons. The van der Waals surface area contributed by atoms with E-state index in [0.29, 0.717) is 11.5 Å². The number of carbonyl (C=O) groups excluding carboxylic acids is 1. The molecule has 2 N–H and O–H groups in total. The number of anilines is 1. The van der Waals surface area contributed by atoms with Gasteiger partial charge in [-0.15, -0.1) is 0 Å². The lowest BCUT2D eigenvalue weighted by Gasteiger charge is -2.35. The van der Waals surface area contributed by atoms with E-state index in [-0.39, 0.29) is 12.2 Å². The van der Waals surface area contributed by atoms with Gasteiger partial charge in [-0.05, 0) is 20.3 Å². The number of hydrogen-bond donors (Lipinski definition) is 2. The predicted molar refractivity (Wildman–Crippen MR) is 88.8 cm³/mol. The number of likely N-dealkylation sites (N-methyl/N-ethyl adjacent to an activating group) is 1. The van der Waals surface area contributed by atoms with Crippen molar-refractivity contribution in [2.75, 3.05) is 12.4 Å². The van der Waals surface area contributed by atoms with Gasteiger partial charge in [0.25, 0.3) is 10.2 Å². The van der Waals surface area contributed by atoms with Crippen molar-refractivity contribution in [2.24, 2.45) is 7.05 Å².